The van der Waals surface area contributed by atoms with Crippen LogP contribution in [0.2, 0.25) is 0 Å². The molecule has 0 N–H and O–H groups in total. The van der Waals surface area contributed by atoms with Gasteiger partial charge in [-0.2, -0.15) is 0 Å². The van der Waals surface area contributed by atoms with E-state index >= 15 is 0 Å². The lowest BCUT2D eigenvalue weighted by Crippen LogP contribution is -1.92. The SMILES string of the molecule is c1ccc2ccc(-c3ccc4cc5c(cc4n3)OCO5)c-2cc1. The van der Waals surface area contributed by atoms with E-state index in [2.05, 4.69) is 48.5 Å². The lowest BCUT2D eigenvalue weighted by molar-refractivity contribution is 0.174. The van der Waals surface area contributed by atoms with Crippen LogP contribution in [0.25, 0.3) is 33.3 Å². The van der Waals surface area contributed by atoms with Crippen molar-refractivity contribution < 1.29 is 9.47 Å². The Kier molecular flexibility index (Phi) is 2.56. The maximum absolute atomic E-state index is 5.46. The minimum Gasteiger partial charge on any atom is -0.454 e. The van der Waals surface area contributed by atoms with Gasteiger partial charge in [-0.3, -0.25) is 0 Å². The van der Waals surface area contributed by atoms with Gasteiger partial charge in [-0.1, -0.05) is 48.5 Å². The summed E-state index contributed by atoms with van der Waals surface area (Å²) in [6, 6.07) is 22.8. The number of hydrogen-bond donors (Lipinski definition) is 0. The number of hydrogen-bond acceptors (Lipinski definition) is 3. The lowest BCUT2D eigenvalue weighted by atomic mass is 10.1. The summed E-state index contributed by atoms with van der Waals surface area (Å²) in [6.07, 6.45) is 0. The van der Waals surface area contributed by atoms with Crippen LogP contribution in [0.15, 0.2) is 66.7 Å². The summed E-state index contributed by atoms with van der Waals surface area (Å²) in [5.41, 5.74) is 5.47. The van der Waals surface area contributed by atoms with Crippen LogP contribution < -0.4 is 9.47 Å². The topological polar surface area (TPSA) is 31.4 Å². The van der Waals surface area contributed by atoms with Crippen molar-refractivity contribution in [1.29, 1.82) is 0 Å². The molecule has 0 radical (unpaired) electrons. The van der Waals surface area contributed by atoms with Crippen molar-refractivity contribution in [2.45, 2.75) is 0 Å². The van der Waals surface area contributed by atoms with Gasteiger partial charge in [-0.15, -0.1) is 0 Å². The lowest BCUT2D eigenvalue weighted by Gasteiger charge is -2.05. The van der Waals surface area contributed by atoms with E-state index < -0.39 is 0 Å². The Morgan fingerprint density at radius 3 is 2.57 bits per heavy atom. The second-order valence-corrected chi connectivity index (χ2v) is 5.62. The van der Waals surface area contributed by atoms with Gasteiger partial charge in [0.2, 0.25) is 6.79 Å². The van der Waals surface area contributed by atoms with E-state index in [-0.39, 0.29) is 6.79 Å². The first-order valence-corrected chi connectivity index (χ1v) is 7.57. The Balaban J connectivity index is 1.70. The molecule has 0 spiro atoms. The number of benzene rings is 1. The van der Waals surface area contributed by atoms with Gasteiger partial charge in [0.1, 0.15) is 0 Å². The first-order valence-electron chi connectivity index (χ1n) is 7.57. The molecule has 0 unspecified atom stereocenters. The third kappa shape index (κ3) is 1.94. The fourth-order valence-electron chi connectivity index (χ4n) is 3.10. The molecule has 0 saturated carbocycles. The predicted molar refractivity (Wildman–Crippen MR) is 89.9 cm³/mol. The van der Waals surface area contributed by atoms with Gasteiger partial charge in [-0.25, -0.2) is 4.98 Å². The maximum atomic E-state index is 5.46. The second-order valence-electron chi connectivity index (χ2n) is 5.62. The average Bonchev–Trinajstić information content (AvgIpc) is 3.12. The summed E-state index contributed by atoms with van der Waals surface area (Å²) in [4.78, 5) is 4.83. The van der Waals surface area contributed by atoms with Crippen molar-refractivity contribution in [2.75, 3.05) is 6.79 Å². The zero-order chi connectivity index (χ0) is 15.2. The van der Waals surface area contributed by atoms with Crippen LogP contribution in [0, 0.1) is 0 Å². The van der Waals surface area contributed by atoms with Gasteiger partial charge in [0, 0.05) is 17.0 Å². The zero-order valence-corrected chi connectivity index (χ0v) is 12.3. The van der Waals surface area contributed by atoms with E-state index in [1.54, 1.807) is 0 Å². The van der Waals surface area contributed by atoms with Crippen molar-refractivity contribution >= 4 is 10.9 Å². The molecule has 2 heterocycles. The third-order valence-corrected chi connectivity index (χ3v) is 4.25. The Morgan fingerprint density at radius 1 is 0.739 bits per heavy atom. The van der Waals surface area contributed by atoms with Gasteiger partial charge < -0.3 is 9.47 Å². The number of rotatable bonds is 1. The van der Waals surface area contributed by atoms with E-state index in [9.17, 15) is 0 Å². The van der Waals surface area contributed by atoms with E-state index in [1.807, 2.05) is 18.2 Å². The minimum atomic E-state index is 0.280. The Bertz CT molecular complexity index is 1010. The maximum Gasteiger partial charge on any atom is 0.231 e. The Labute approximate surface area is 133 Å². The molecule has 1 aliphatic heterocycles. The van der Waals surface area contributed by atoms with Crippen molar-refractivity contribution in [1.82, 2.24) is 4.98 Å². The van der Waals surface area contributed by atoms with Crippen LogP contribution in [0.1, 0.15) is 0 Å². The fourth-order valence-corrected chi connectivity index (χ4v) is 3.10. The molecule has 1 aromatic heterocycles. The highest BCUT2D eigenvalue weighted by atomic mass is 16.7. The normalized spacial score (nSPS) is 12.9. The Hall–Kier alpha value is -3.07. The van der Waals surface area contributed by atoms with Crippen molar-refractivity contribution in [3.63, 3.8) is 0 Å². The van der Waals surface area contributed by atoms with E-state index in [0.717, 1.165) is 33.7 Å². The summed E-state index contributed by atoms with van der Waals surface area (Å²) in [5.74, 6) is 1.55. The first-order chi connectivity index (χ1) is 11.4. The van der Waals surface area contributed by atoms with Gasteiger partial charge in [-0.05, 0) is 23.3 Å². The van der Waals surface area contributed by atoms with E-state index in [1.165, 1.54) is 11.1 Å². The number of nitrogens with zero attached hydrogens (tertiary/aromatic N) is 1. The molecule has 1 aromatic carbocycles. The van der Waals surface area contributed by atoms with Crippen LogP contribution in [-0.2, 0) is 0 Å². The third-order valence-electron chi connectivity index (χ3n) is 4.25. The molecule has 0 amide bonds. The van der Waals surface area contributed by atoms with Crippen molar-refractivity contribution in [3.8, 4) is 33.9 Å². The Morgan fingerprint density at radius 2 is 1.61 bits per heavy atom. The summed E-state index contributed by atoms with van der Waals surface area (Å²) in [6.45, 7) is 0.280. The van der Waals surface area contributed by atoms with Crippen LogP contribution in [0.3, 0.4) is 0 Å². The van der Waals surface area contributed by atoms with Crippen LogP contribution in [-0.4, -0.2) is 11.8 Å². The van der Waals surface area contributed by atoms with Gasteiger partial charge >= 0.3 is 0 Å². The largest absolute Gasteiger partial charge is 0.454 e. The molecule has 2 aromatic rings. The highest BCUT2D eigenvalue weighted by molar-refractivity contribution is 5.89. The number of pyridine rings is 1. The molecule has 0 atom stereocenters. The smallest absolute Gasteiger partial charge is 0.231 e. The van der Waals surface area contributed by atoms with Crippen LogP contribution in [0.5, 0.6) is 11.5 Å². The van der Waals surface area contributed by atoms with Crippen molar-refractivity contribution in [3.05, 3.63) is 66.7 Å². The second kappa shape index (κ2) is 4.71. The van der Waals surface area contributed by atoms with Gasteiger partial charge in [0.25, 0.3) is 0 Å². The monoisotopic (exact) mass is 299 g/mol. The molecule has 0 saturated heterocycles. The van der Waals surface area contributed by atoms with E-state index in [0.29, 0.717) is 0 Å². The van der Waals surface area contributed by atoms with Gasteiger partial charge in [0.15, 0.2) is 11.5 Å². The van der Waals surface area contributed by atoms with Crippen LogP contribution in [0.4, 0.5) is 0 Å². The highest BCUT2D eigenvalue weighted by Gasteiger charge is 2.16. The number of aromatic nitrogens is 1. The molecule has 3 nitrogen and oxygen atoms in total. The molecule has 3 heteroatoms. The molecule has 23 heavy (non-hydrogen) atoms. The van der Waals surface area contributed by atoms with Gasteiger partial charge in [0.05, 0.1) is 11.2 Å². The predicted octanol–water partition coefficient (Wildman–Crippen LogP) is 4.74. The summed E-state index contributed by atoms with van der Waals surface area (Å²) in [5, 5.41) is 1.06. The molecule has 3 aliphatic rings. The molecular weight excluding hydrogens is 286 g/mol. The number of ether oxygens (including phenoxy) is 2. The molecule has 110 valence electrons. The van der Waals surface area contributed by atoms with Crippen LogP contribution >= 0.6 is 0 Å². The summed E-state index contributed by atoms with van der Waals surface area (Å²) in [7, 11) is 0. The first kappa shape index (κ1) is 12.5. The molecule has 0 bridgehead atoms. The molecule has 0 fully saturated rings. The average molecular weight is 299 g/mol. The zero-order valence-electron chi connectivity index (χ0n) is 12.3. The summed E-state index contributed by atoms with van der Waals surface area (Å²) >= 11 is 0. The van der Waals surface area contributed by atoms with E-state index in [4.69, 9.17) is 14.5 Å². The quantitative estimate of drug-likeness (QED) is 0.509. The fraction of sp³-hybridized carbons (Fsp3) is 0.0500. The molecule has 5 rings (SSSR count). The highest BCUT2D eigenvalue weighted by Crippen LogP contribution is 2.38. The number of fused-ring (bicyclic) bond motifs is 3. The van der Waals surface area contributed by atoms with Crippen molar-refractivity contribution in [2.24, 2.45) is 0 Å². The standard InChI is InChI=1S/C20H13NO2/c1-2-4-13-6-8-16(15(13)5-3-1)17-9-7-14-10-19-20(23-12-22-19)11-18(14)21-17/h1-11H,12H2. The summed E-state index contributed by atoms with van der Waals surface area (Å²) < 4.78 is 10.9. The molecular formula is C20H13NO2. The molecule has 2 aliphatic carbocycles. The minimum absolute atomic E-state index is 0.280.